The lowest BCUT2D eigenvalue weighted by molar-refractivity contribution is 0.665. The third-order valence-electron chi connectivity index (χ3n) is 5.24. The van der Waals surface area contributed by atoms with Crippen LogP contribution in [-0.4, -0.2) is 33.7 Å². The zero-order chi connectivity index (χ0) is 13.2. The Bertz CT molecular complexity index is 685. The van der Waals surface area contributed by atoms with Crippen LogP contribution in [-0.2, 0) is 11.8 Å². The van der Waals surface area contributed by atoms with Crippen molar-refractivity contribution in [2.45, 2.75) is 43.6 Å². The van der Waals surface area contributed by atoms with Crippen LogP contribution in [0.1, 0.15) is 36.9 Å². The van der Waals surface area contributed by atoms with Crippen LogP contribution in [0.15, 0.2) is 12.3 Å². The summed E-state index contributed by atoms with van der Waals surface area (Å²) < 4.78 is 2.00. The van der Waals surface area contributed by atoms with Gasteiger partial charge in [0.25, 0.3) is 0 Å². The summed E-state index contributed by atoms with van der Waals surface area (Å²) in [6.45, 7) is 2.15. The Balaban J connectivity index is 0.00000115. The van der Waals surface area contributed by atoms with Gasteiger partial charge in [0.1, 0.15) is 5.82 Å². The fourth-order valence-electron chi connectivity index (χ4n) is 3.89. The van der Waals surface area contributed by atoms with Gasteiger partial charge in [-0.25, -0.2) is 4.98 Å². The summed E-state index contributed by atoms with van der Waals surface area (Å²) in [5.41, 5.74) is 4.20. The Morgan fingerprint density at radius 2 is 2.24 bits per heavy atom. The third kappa shape index (κ3) is 1.87. The molecular weight excluding hydrogens is 286 g/mol. The van der Waals surface area contributed by atoms with Gasteiger partial charge in [0, 0.05) is 29.6 Å². The van der Waals surface area contributed by atoms with Gasteiger partial charge in [-0.15, -0.1) is 12.4 Å². The summed E-state index contributed by atoms with van der Waals surface area (Å²) in [4.78, 5) is 4.91. The lowest BCUT2D eigenvalue weighted by Gasteiger charge is -2.18. The topological polar surface area (TPSA) is 54.2 Å². The molecule has 6 heteroatoms. The molecule has 2 aromatic heterocycles. The zero-order valence-corrected chi connectivity index (χ0v) is 12.7. The number of hydrogen-bond acceptors (Lipinski definition) is 4. The minimum atomic E-state index is 0. The Labute approximate surface area is 129 Å². The highest BCUT2D eigenvalue weighted by molar-refractivity contribution is 5.85. The molecule has 0 unspecified atom stereocenters. The second-order valence-electron chi connectivity index (χ2n) is 6.50. The summed E-state index contributed by atoms with van der Waals surface area (Å²) in [5.74, 6) is 1.20. The molecule has 1 saturated carbocycles. The van der Waals surface area contributed by atoms with Crippen LogP contribution in [0.3, 0.4) is 0 Å². The fourth-order valence-corrected chi connectivity index (χ4v) is 3.89. The van der Waals surface area contributed by atoms with Crippen molar-refractivity contribution >= 4 is 23.9 Å². The van der Waals surface area contributed by atoms with E-state index in [4.69, 9.17) is 4.98 Å². The van der Waals surface area contributed by atoms with Gasteiger partial charge in [-0.1, -0.05) is 0 Å². The largest absolute Gasteiger partial charge is 0.366 e. The predicted molar refractivity (Wildman–Crippen MR) is 84.4 cm³/mol. The van der Waals surface area contributed by atoms with Crippen molar-refractivity contribution in [2.24, 2.45) is 0 Å². The van der Waals surface area contributed by atoms with Crippen molar-refractivity contribution in [1.82, 2.24) is 19.9 Å². The second-order valence-corrected chi connectivity index (χ2v) is 6.50. The summed E-state index contributed by atoms with van der Waals surface area (Å²) >= 11 is 0. The number of fused-ring (bicyclic) bond motifs is 3. The van der Waals surface area contributed by atoms with E-state index in [-0.39, 0.29) is 12.4 Å². The third-order valence-corrected chi connectivity index (χ3v) is 5.24. The van der Waals surface area contributed by atoms with Gasteiger partial charge in [-0.3, -0.25) is 0 Å². The van der Waals surface area contributed by atoms with E-state index in [2.05, 4.69) is 15.7 Å². The van der Waals surface area contributed by atoms with Gasteiger partial charge in [-0.2, -0.15) is 9.61 Å². The Kier molecular flexibility index (Phi) is 2.91. The molecule has 0 radical (unpaired) electrons. The monoisotopic (exact) mass is 305 g/mol. The number of nitrogens with zero attached hydrogens (tertiary/aromatic N) is 3. The van der Waals surface area contributed by atoms with Crippen molar-refractivity contribution in [3.8, 4) is 0 Å². The van der Waals surface area contributed by atoms with E-state index in [1.165, 1.54) is 42.8 Å². The van der Waals surface area contributed by atoms with Crippen LogP contribution < -0.4 is 10.6 Å². The molecule has 5 rings (SSSR count). The zero-order valence-electron chi connectivity index (χ0n) is 11.9. The van der Waals surface area contributed by atoms with E-state index >= 15 is 0 Å². The SMILES string of the molecule is Cl.c1cc2nc3c(c(N[C@H]4CCNC4)n2n1)CCC31CC1. The molecule has 3 heterocycles. The highest BCUT2D eigenvalue weighted by Gasteiger charge is 2.51. The molecular formula is C15H20ClN5. The molecule has 3 aliphatic rings. The van der Waals surface area contributed by atoms with Gasteiger partial charge in [0.2, 0.25) is 0 Å². The lowest BCUT2D eigenvalue weighted by Crippen LogP contribution is -2.25. The quantitative estimate of drug-likeness (QED) is 0.890. The van der Waals surface area contributed by atoms with E-state index < -0.39 is 0 Å². The highest BCUT2D eigenvalue weighted by atomic mass is 35.5. The van der Waals surface area contributed by atoms with Crippen molar-refractivity contribution in [2.75, 3.05) is 18.4 Å². The molecule has 2 aliphatic carbocycles. The molecule has 112 valence electrons. The molecule has 21 heavy (non-hydrogen) atoms. The number of halogens is 1. The van der Waals surface area contributed by atoms with Gasteiger partial charge >= 0.3 is 0 Å². The molecule has 1 atom stereocenters. The average Bonchev–Trinajstić information content (AvgIpc) is 2.87. The van der Waals surface area contributed by atoms with E-state index in [0.717, 1.165) is 25.2 Å². The van der Waals surface area contributed by atoms with Crippen molar-refractivity contribution < 1.29 is 0 Å². The molecule has 2 N–H and O–H groups in total. The molecule has 2 fully saturated rings. The van der Waals surface area contributed by atoms with Gasteiger partial charge < -0.3 is 10.6 Å². The van der Waals surface area contributed by atoms with Gasteiger partial charge in [0.15, 0.2) is 5.65 Å². The maximum atomic E-state index is 4.91. The Morgan fingerprint density at radius 1 is 1.33 bits per heavy atom. The van der Waals surface area contributed by atoms with Gasteiger partial charge in [-0.05, 0) is 38.6 Å². The van der Waals surface area contributed by atoms with Crippen molar-refractivity contribution in [3.63, 3.8) is 0 Å². The number of anilines is 1. The first-order valence-corrected chi connectivity index (χ1v) is 7.70. The van der Waals surface area contributed by atoms with Crippen LogP contribution in [0.5, 0.6) is 0 Å². The number of aromatic nitrogens is 3. The molecule has 0 aromatic carbocycles. The highest BCUT2D eigenvalue weighted by Crippen LogP contribution is 2.57. The molecule has 1 aliphatic heterocycles. The first-order chi connectivity index (χ1) is 9.86. The molecule has 1 spiro atoms. The van der Waals surface area contributed by atoms with Gasteiger partial charge in [0.05, 0.1) is 11.9 Å². The Morgan fingerprint density at radius 3 is 3.00 bits per heavy atom. The van der Waals surface area contributed by atoms with E-state index in [9.17, 15) is 0 Å². The molecule has 5 nitrogen and oxygen atoms in total. The molecule has 0 bridgehead atoms. The summed E-state index contributed by atoms with van der Waals surface area (Å²) in [7, 11) is 0. The number of nitrogens with one attached hydrogen (secondary N) is 2. The van der Waals surface area contributed by atoms with Crippen molar-refractivity contribution in [3.05, 3.63) is 23.5 Å². The summed E-state index contributed by atoms with van der Waals surface area (Å²) in [6, 6.07) is 2.54. The summed E-state index contributed by atoms with van der Waals surface area (Å²) in [6.07, 6.45) is 8.12. The molecule has 1 saturated heterocycles. The molecule has 2 aromatic rings. The van der Waals surface area contributed by atoms with Crippen LogP contribution in [0, 0.1) is 0 Å². The maximum Gasteiger partial charge on any atom is 0.157 e. The van der Waals surface area contributed by atoms with Crippen LogP contribution >= 0.6 is 12.4 Å². The van der Waals surface area contributed by atoms with Crippen LogP contribution in [0.4, 0.5) is 5.82 Å². The predicted octanol–water partition coefficient (Wildman–Crippen LogP) is 1.90. The smallest absolute Gasteiger partial charge is 0.157 e. The standard InChI is InChI=1S/C15H19N5.ClH/c1-4-15(5-6-15)13-11(1)14(18-10-2-7-16-9-10)20-12(19-13)3-8-17-20;/h3,8,10,16,18H,1-2,4-7,9H2;1H/t10-;/m0./s1. The maximum absolute atomic E-state index is 4.91. The Hall–Kier alpha value is -1.33. The summed E-state index contributed by atoms with van der Waals surface area (Å²) in [5, 5.41) is 11.6. The minimum absolute atomic E-state index is 0. The van der Waals surface area contributed by atoms with E-state index in [1.807, 2.05) is 16.8 Å². The fraction of sp³-hybridized carbons (Fsp3) is 0.600. The normalized spacial score (nSPS) is 25.0. The lowest BCUT2D eigenvalue weighted by atomic mass is 10.0. The first-order valence-electron chi connectivity index (χ1n) is 7.70. The van der Waals surface area contributed by atoms with Crippen LogP contribution in [0.25, 0.3) is 5.65 Å². The minimum Gasteiger partial charge on any atom is -0.366 e. The average molecular weight is 306 g/mol. The molecule has 0 amide bonds. The second kappa shape index (κ2) is 4.58. The number of hydrogen-bond donors (Lipinski definition) is 2. The first kappa shape index (κ1) is 13.3. The number of rotatable bonds is 2. The van der Waals surface area contributed by atoms with Crippen LogP contribution in [0.2, 0.25) is 0 Å². The van der Waals surface area contributed by atoms with Crippen molar-refractivity contribution in [1.29, 1.82) is 0 Å². The van der Waals surface area contributed by atoms with E-state index in [1.54, 1.807) is 0 Å². The van der Waals surface area contributed by atoms with E-state index in [0.29, 0.717) is 11.5 Å².